The fraction of sp³-hybridized carbons (Fsp3) is 0.391. The van der Waals surface area contributed by atoms with Crippen molar-refractivity contribution in [3.8, 4) is 5.75 Å². The number of anilines is 1. The first-order valence-corrected chi connectivity index (χ1v) is 11.6. The van der Waals surface area contributed by atoms with Crippen molar-refractivity contribution in [3.63, 3.8) is 0 Å². The summed E-state index contributed by atoms with van der Waals surface area (Å²) in [6.45, 7) is 4.47. The van der Waals surface area contributed by atoms with Crippen molar-refractivity contribution in [3.05, 3.63) is 41.2 Å². The van der Waals surface area contributed by atoms with Crippen molar-refractivity contribution in [1.82, 2.24) is 29.6 Å². The van der Waals surface area contributed by atoms with Gasteiger partial charge in [0, 0.05) is 37.5 Å². The third kappa shape index (κ3) is 3.86. The second-order valence-corrected chi connectivity index (χ2v) is 8.78. The smallest absolute Gasteiger partial charge is 0.288 e. The second-order valence-electron chi connectivity index (χ2n) is 8.37. The van der Waals surface area contributed by atoms with E-state index >= 15 is 0 Å². The summed E-state index contributed by atoms with van der Waals surface area (Å²) >= 11 is 6.30. The predicted octanol–water partition coefficient (Wildman–Crippen LogP) is 4.55. The number of nitrogens with zero attached hydrogens (tertiary/aromatic N) is 6. The second kappa shape index (κ2) is 8.74. The van der Waals surface area contributed by atoms with Crippen molar-refractivity contribution in [1.29, 1.82) is 0 Å². The van der Waals surface area contributed by atoms with Gasteiger partial charge >= 0.3 is 0 Å². The molecule has 2 N–H and O–H groups in total. The predicted molar refractivity (Wildman–Crippen MR) is 129 cm³/mol. The monoisotopic (exact) mass is 468 g/mol. The summed E-state index contributed by atoms with van der Waals surface area (Å²) in [4.78, 5) is 4.67. The number of halogens is 1. The van der Waals surface area contributed by atoms with Gasteiger partial charge in [0.25, 0.3) is 5.82 Å². The lowest BCUT2D eigenvalue weighted by atomic mass is 10.1. The summed E-state index contributed by atoms with van der Waals surface area (Å²) in [7, 11) is 1.59. The minimum absolute atomic E-state index is 0.215. The highest BCUT2D eigenvalue weighted by molar-refractivity contribution is 6.32. The van der Waals surface area contributed by atoms with Gasteiger partial charge in [-0.25, -0.2) is 14.9 Å². The number of hydrogen-bond acceptors (Lipinski definition) is 7. The number of piperidine rings is 1. The average Bonchev–Trinajstić information content (AvgIpc) is 3.26. The molecule has 3 aromatic heterocycles. The first-order valence-electron chi connectivity index (χ1n) is 11.2. The standard InChI is InChI=1S/C23H27ClN7O2/c1-3-30-22-16(14-27-30)20-17(13-26-22)23(31(32)9-5-4-6-10-31)29-28-21(20)25-12-15-7-8-19(33-2)18(24)11-15/h7-8,11,13-14,32H,3-6,9-10,12H2,1-2H3,(H,25,28)/q+1. The van der Waals surface area contributed by atoms with Gasteiger partial charge in [0.2, 0.25) is 0 Å². The number of ether oxygens (including phenoxy) is 1. The molecule has 172 valence electrons. The molecule has 0 unspecified atom stereocenters. The van der Waals surface area contributed by atoms with E-state index in [2.05, 4.69) is 25.6 Å². The van der Waals surface area contributed by atoms with Gasteiger partial charge in [0.1, 0.15) is 18.8 Å². The van der Waals surface area contributed by atoms with Gasteiger partial charge in [-0.15, -0.1) is 9.75 Å². The van der Waals surface area contributed by atoms with E-state index in [9.17, 15) is 5.21 Å². The largest absolute Gasteiger partial charge is 0.495 e. The molecule has 1 saturated heterocycles. The molecule has 9 nitrogen and oxygen atoms in total. The number of hydrogen-bond donors (Lipinski definition) is 2. The lowest BCUT2D eigenvalue weighted by Crippen LogP contribution is -2.50. The van der Waals surface area contributed by atoms with Crippen LogP contribution in [0.4, 0.5) is 11.6 Å². The number of pyridine rings is 1. The van der Waals surface area contributed by atoms with Crippen LogP contribution >= 0.6 is 11.6 Å². The Hall–Kier alpha value is -3.01. The molecule has 1 aromatic carbocycles. The Morgan fingerprint density at radius 3 is 2.70 bits per heavy atom. The molecule has 10 heteroatoms. The van der Waals surface area contributed by atoms with Gasteiger partial charge in [-0.05, 0) is 31.0 Å². The van der Waals surface area contributed by atoms with Gasteiger partial charge < -0.3 is 10.1 Å². The summed E-state index contributed by atoms with van der Waals surface area (Å²) in [6, 6.07) is 5.66. The molecule has 0 amide bonds. The van der Waals surface area contributed by atoms with Gasteiger partial charge in [-0.3, -0.25) is 0 Å². The number of fused-ring (bicyclic) bond motifs is 3. The Balaban J connectivity index is 1.61. The molecule has 1 aliphatic rings. The molecule has 5 rings (SSSR count). The van der Waals surface area contributed by atoms with E-state index in [1.54, 1.807) is 13.3 Å². The van der Waals surface area contributed by atoms with Crippen LogP contribution in [0.5, 0.6) is 5.75 Å². The zero-order valence-corrected chi connectivity index (χ0v) is 19.5. The molecule has 0 aliphatic carbocycles. The Kier molecular flexibility index (Phi) is 5.77. The zero-order valence-electron chi connectivity index (χ0n) is 18.8. The summed E-state index contributed by atoms with van der Waals surface area (Å²) < 4.78 is 6.88. The van der Waals surface area contributed by atoms with E-state index in [1.807, 2.05) is 36.0 Å². The topological polar surface area (TPSA) is 98.0 Å². The van der Waals surface area contributed by atoms with Gasteiger partial charge in [-0.2, -0.15) is 5.10 Å². The maximum absolute atomic E-state index is 11.4. The first kappa shape index (κ1) is 21.8. The van der Waals surface area contributed by atoms with Crippen LogP contribution in [0.2, 0.25) is 5.02 Å². The van der Waals surface area contributed by atoms with E-state index in [1.165, 1.54) is 0 Å². The third-order valence-corrected chi connectivity index (χ3v) is 6.61. The van der Waals surface area contributed by atoms with Crippen LogP contribution in [0.3, 0.4) is 0 Å². The van der Waals surface area contributed by atoms with Crippen molar-refractivity contribution in [2.24, 2.45) is 0 Å². The molecule has 0 spiro atoms. The van der Waals surface area contributed by atoms with Crippen molar-refractivity contribution in [2.45, 2.75) is 39.3 Å². The first-order chi connectivity index (χ1) is 16.0. The lowest BCUT2D eigenvalue weighted by molar-refractivity contribution is -0.0946. The number of rotatable bonds is 6. The Morgan fingerprint density at radius 1 is 1.15 bits per heavy atom. The molecule has 33 heavy (non-hydrogen) atoms. The normalized spacial score (nSPS) is 15.8. The number of quaternary nitrogens is 1. The van der Waals surface area contributed by atoms with Crippen LogP contribution in [0, 0.1) is 0 Å². The number of hydroxylamine groups is 2. The quantitative estimate of drug-likeness (QED) is 0.400. The van der Waals surface area contributed by atoms with Crippen LogP contribution in [-0.2, 0) is 13.1 Å². The van der Waals surface area contributed by atoms with E-state index < -0.39 is 0 Å². The maximum atomic E-state index is 11.4. The Labute approximate surface area is 196 Å². The Bertz CT molecular complexity index is 1320. The molecule has 0 saturated carbocycles. The maximum Gasteiger partial charge on any atom is 0.288 e. The van der Waals surface area contributed by atoms with Crippen molar-refractivity contribution in [2.75, 3.05) is 25.5 Å². The van der Waals surface area contributed by atoms with E-state index in [-0.39, 0.29) is 4.65 Å². The highest BCUT2D eigenvalue weighted by Gasteiger charge is 2.36. The van der Waals surface area contributed by atoms with Crippen molar-refractivity contribution >= 4 is 45.0 Å². The third-order valence-electron chi connectivity index (χ3n) is 6.31. The summed E-state index contributed by atoms with van der Waals surface area (Å²) in [5, 5.41) is 31.4. The fourth-order valence-electron chi connectivity index (χ4n) is 4.57. The molecular formula is C23H27ClN7O2+. The minimum atomic E-state index is -0.215. The molecule has 4 heterocycles. The average molecular weight is 469 g/mol. The number of aromatic nitrogens is 5. The molecule has 0 radical (unpaired) electrons. The number of methoxy groups -OCH3 is 1. The number of nitrogens with one attached hydrogen (secondary N) is 1. The summed E-state index contributed by atoms with van der Waals surface area (Å²) in [5.74, 6) is 1.79. The van der Waals surface area contributed by atoms with Gasteiger partial charge in [-0.1, -0.05) is 22.8 Å². The molecule has 1 aliphatic heterocycles. The number of benzene rings is 1. The molecule has 4 aromatic rings. The van der Waals surface area contributed by atoms with Crippen LogP contribution < -0.4 is 14.7 Å². The Morgan fingerprint density at radius 2 is 1.97 bits per heavy atom. The molecular weight excluding hydrogens is 442 g/mol. The van der Waals surface area contributed by atoms with Gasteiger partial charge in [0.05, 0.1) is 29.1 Å². The van der Waals surface area contributed by atoms with Gasteiger partial charge in [0.15, 0.2) is 11.5 Å². The van der Waals surface area contributed by atoms with Crippen LogP contribution in [-0.4, -0.2) is 50.4 Å². The summed E-state index contributed by atoms with van der Waals surface area (Å²) in [5.41, 5.74) is 1.76. The zero-order chi connectivity index (χ0) is 23.0. The van der Waals surface area contributed by atoms with Crippen LogP contribution in [0.15, 0.2) is 30.6 Å². The molecule has 1 fully saturated rings. The molecule has 0 bridgehead atoms. The fourth-order valence-corrected chi connectivity index (χ4v) is 4.85. The SMILES string of the molecule is CCn1ncc2c3c(NCc4ccc(OC)c(Cl)c4)nnc([N+]4(O)CCCCC4)c3cnc21. The highest BCUT2D eigenvalue weighted by atomic mass is 35.5. The molecule has 0 atom stereocenters. The minimum Gasteiger partial charge on any atom is -0.495 e. The van der Waals surface area contributed by atoms with E-state index in [0.29, 0.717) is 48.6 Å². The van der Waals surface area contributed by atoms with Crippen molar-refractivity contribution < 1.29 is 9.94 Å². The van der Waals surface area contributed by atoms with E-state index in [0.717, 1.165) is 46.6 Å². The van der Waals surface area contributed by atoms with E-state index in [4.69, 9.17) is 16.3 Å². The van der Waals surface area contributed by atoms with Crippen LogP contribution in [0.25, 0.3) is 21.8 Å². The summed E-state index contributed by atoms with van der Waals surface area (Å²) in [6.07, 6.45) is 6.60. The van der Waals surface area contributed by atoms with Crippen LogP contribution in [0.1, 0.15) is 31.7 Å². The number of aryl methyl sites for hydroxylation is 1. The lowest BCUT2D eigenvalue weighted by Gasteiger charge is -2.32. The highest BCUT2D eigenvalue weighted by Crippen LogP contribution is 2.37.